The fourth-order valence-corrected chi connectivity index (χ4v) is 13.7. The summed E-state index contributed by atoms with van der Waals surface area (Å²) >= 11 is 0. The molecule has 2 atom stereocenters. The molecule has 5 amide bonds. The number of hydrogen-bond acceptors (Lipinski definition) is 12. The number of unbranched alkanes of at least 4 members (excludes halogenated alkanes) is 2. The highest BCUT2D eigenvalue weighted by Gasteiger charge is 2.50. The van der Waals surface area contributed by atoms with Gasteiger partial charge in [-0.3, -0.25) is 29.3 Å². The van der Waals surface area contributed by atoms with Crippen LogP contribution in [0.2, 0.25) is 0 Å². The molecular formula is C74H88Cl3F7N8O9. The second-order valence-electron chi connectivity index (χ2n) is 25.9. The largest absolute Gasteiger partial charge is 0.446 e. The molecule has 4 aliphatic rings. The van der Waals surface area contributed by atoms with E-state index in [-0.39, 0.29) is 99.3 Å². The van der Waals surface area contributed by atoms with Gasteiger partial charge in [-0.2, -0.15) is 26.3 Å². The Balaban J connectivity index is 0.00000477. The highest BCUT2D eigenvalue weighted by Crippen LogP contribution is 2.49. The van der Waals surface area contributed by atoms with Crippen LogP contribution in [0.5, 0.6) is 0 Å². The van der Waals surface area contributed by atoms with Gasteiger partial charge in [-0.05, 0) is 154 Å². The van der Waals surface area contributed by atoms with Crippen LogP contribution in [0.4, 0.5) is 46.9 Å². The fourth-order valence-electron chi connectivity index (χ4n) is 13.7. The number of hydrogen-bond donors (Lipinski definition) is 2. The molecule has 3 saturated heterocycles. The van der Waals surface area contributed by atoms with Crippen LogP contribution >= 0.6 is 37.2 Å². The average molecular weight is 1470 g/mol. The number of carbonyl (C=O) groups is 5. The zero-order valence-corrected chi connectivity index (χ0v) is 59.2. The number of carbonyl (C=O) groups excluding carboxylic acids is 5. The first-order valence-corrected chi connectivity index (χ1v) is 33.4. The molecule has 3 fully saturated rings. The van der Waals surface area contributed by atoms with Gasteiger partial charge in [0.05, 0.1) is 43.1 Å². The molecule has 1 spiro atoms. The first-order valence-electron chi connectivity index (χ1n) is 33.4. The molecule has 0 saturated carbocycles. The molecule has 0 bridgehead atoms. The number of para-hydroxylation sites is 1. The van der Waals surface area contributed by atoms with Crippen molar-refractivity contribution in [2.75, 3.05) is 117 Å². The summed E-state index contributed by atoms with van der Waals surface area (Å²) in [5.41, 5.74) is 0.965. The molecule has 10 rings (SSSR count). The minimum atomic E-state index is -5.15. The van der Waals surface area contributed by atoms with Crippen LogP contribution in [0.25, 0.3) is 11.1 Å². The number of ether oxygens (including phenoxy) is 3. The Morgan fingerprint density at radius 1 is 0.663 bits per heavy atom. The Morgan fingerprint density at radius 3 is 1.97 bits per heavy atom. The number of amides is 5. The van der Waals surface area contributed by atoms with Crippen LogP contribution < -0.4 is 10.6 Å². The van der Waals surface area contributed by atoms with Crippen molar-refractivity contribution in [3.8, 4) is 11.1 Å². The van der Waals surface area contributed by atoms with E-state index in [2.05, 4.69) is 32.6 Å². The lowest BCUT2D eigenvalue weighted by Gasteiger charge is -2.44. The third-order valence-electron chi connectivity index (χ3n) is 19.5. The maximum Gasteiger partial charge on any atom is 0.416 e. The Bertz CT molecular complexity index is 3670. The fraction of sp³-hybridized carbons (Fsp3) is 0.446. The summed E-state index contributed by atoms with van der Waals surface area (Å²) in [5.74, 6) is -2.07. The van der Waals surface area contributed by atoms with Gasteiger partial charge in [-0.25, -0.2) is 14.2 Å². The summed E-state index contributed by atoms with van der Waals surface area (Å²) < 4.78 is 116. The number of hydroxylamine groups is 2. The molecule has 0 radical (unpaired) electrons. The van der Waals surface area contributed by atoms with Gasteiger partial charge < -0.3 is 44.0 Å². The number of halogens is 10. The van der Waals surface area contributed by atoms with Gasteiger partial charge >= 0.3 is 18.4 Å². The molecule has 0 aromatic heterocycles. The van der Waals surface area contributed by atoms with Crippen LogP contribution in [0.3, 0.4) is 0 Å². The Labute approximate surface area is 603 Å². The predicted octanol–water partition coefficient (Wildman–Crippen LogP) is 14.2. The number of likely N-dealkylation sites (tertiary alicyclic amines) is 2. The molecule has 6 aromatic rings. The van der Waals surface area contributed by atoms with Gasteiger partial charge in [0, 0.05) is 94.1 Å². The van der Waals surface area contributed by atoms with Crippen molar-refractivity contribution < 1.29 is 73.8 Å². The number of nitrogens with zero attached hydrogens (tertiary/aromatic N) is 6. The first-order chi connectivity index (χ1) is 47.0. The van der Waals surface area contributed by atoms with Crippen molar-refractivity contribution in [2.24, 2.45) is 0 Å². The number of alkyl halides is 6. The zero-order valence-electron chi connectivity index (χ0n) is 56.7. The second-order valence-corrected chi connectivity index (χ2v) is 25.9. The van der Waals surface area contributed by atoms with Gasteiger partial charge in [-0.15, -0.1) is 37.2 Å². The quantitative estimate of drug-likeness (QED) is 0.0285. The molecule has 17 nitrogen and oxygen atoms in total. The molecule has 3 aliphatic heterocycles. The van der Waals surface area contributed by atoms with Crippen molar-refractivity contribution in [1.82, 2.24) is 29.6 Å². The van der Waals surface area contributed by atoms with Crippen molar-refractivity contribution in [3.63, 3.8) is 0 Å². The topological polar surface area (TPSA) is 166 Å². The summed E-state index contributed by atoms with van der Waals surface area (Å²) in [5, 5.41) is 7.59. The van der Waals surface area contributed by atoms with Gasteiger partial charge in [-0.1, -0.05) is 91.3 Å². The minimum absolute atomic E-state index is 0. The molecular weight excluding hydrogens is 1380 g/mol. The van der Waals surface area contributed by atoms with E-state index < -0.39 is 64.6 Å². The second kappa shape index (κ2) is 36.5. The molecule has 548 valence electrons. The van der Waals surface area contributed by atoms with Crippen LogP contribution in [-0.4, -0.2) is 178 Å². The number of piperidine rings is 2. The number of nitrogens with one attached hydrogen (secondary N) is 2. The van der Waals surface area contributed by atoms with Crippen LogP contribution in [0, 0.1) is 5.82 Å². The number of likely N-dealkylation sites (N-methyl/N-ethyl adjacent to an activating group) is 2. The van der Waals surface area contributed by atoms with E-state index in [4.69, 9.17) is 19.0 Å². The van der Waals surface area contributed by atoms with Crippen molar-refractivity contribution >= 4 is 78.3 Å². The number of rotatable bonds is 27. The Hall–Kier alpha value is -7.55. The summed E-state index contributed by atoms with van der Waals surface area (Å²) in [6.45, 7) is 4.93. The van der Waals surface area contributed by atoms with Crippen molar-refractivity contribution in [3.05, 3.63) is 190 Å². The highest BCUT2D eigenvalue weighted by atomic mass is 35.5. The van der Waals surface area contributed by atoms with Gasteiger partial charge in [0.2, 0.25) is 11.8 Å². The molecule has 3 heterocycles. The number of benzene rings is 6. The van der Waals surface area contributed by atoms with Crippen molar-refractivity contribution in [1.29, 1.82) is 0 Å². The summed E-state index contributed by atoms with van der Waals surface area (Å²) in [7, 11) is 4.95. The summed E-state index contributed by atoms with van der Waals surface area (Å²) in [4.78, 5) is 81.3. The number of fused-ring (bicyclic) bond motifs is 2. The standard InChI is InChI=1S/C74H85F7N8O9.3ClH/c1-84(36-14-37-89(95-3)69(93)53-22-28-60(29-23-53)82-35-13-5-8-21-66(90)85(2)43-44-86-38-30-61(31-39-86)98-70(94)83-64-20-12-10-18-62(64)52-15-6-4-7-16-52)67(91)49-96-65-47-54-17-9-11-19-63(54)71(65)32-40-87(41-33-71)42-34-72(56-24-26-59(75)27-25-56)50-88(51-97-72)68(92)55-45-57(73(76,77)78)48-58(46-55)74(79,80)81;;;/h4,6-7,9-12,15-20,22-29,45-46,48,61,65,82H,5,8,13-14,21,30-44,47,49-51H2,1-3H3,(H,83,94);3*1H/t65-,72+;;;/m0.../s1. The van der Waals surface area contributed by atoms with E-state index in [1.165, 1.54) is 36.4 Å². The first kappa shape index (κ1) is 80.8. The molecule has 2 N–H and O–H groups in total. The maximum absolute atomic E-state index is 14.2. The molecule has 0 unspecified atom stereocenters. The van der Waals surface area contributed by atoms with E-state index in [0.717, 1.165) is 84.6 Å². The third-order valence-corrected chi connectivity index (χ3v) is 19.5. The van der Waals surface area contributed by atoms with Crippen LogP contribution in [0.15, 0.2) is 146 Å². The lowest BCUT2D eigenvalue weighted by Crippen LogP contribution is -2.50. The van der Waals surface area contributed by atoms with Gasteiger partial charge in [0.15, 0.2) is 0 Å². The third kappa shape index (κ3) is 20.9. The zero-order chi connectivity index (χ0) is 69.6. The van der Waals surface area contributed by atoms with Gasteiger partial charge in [0.25, 0.3) is 11.8 Å². The Morgan fingerprint density at radius 2 is 1.30 bits per heavy atom. The normalized spacial score (nSPS) is 17.6. The van der Waals surface area contributed by atoms with Crippen molar-refractivity contribution in [2.45, 2.75) is 106 Å². The lowest BCUT2D eigenvalue weighted by molar-refractivity contribution is -0.143. The van der Waals surface area contributed by atoms with E-state index in [0.29, 0.717) is 100 Å². The van der Waals surface area contributed by atoms with Crippen LogP contribution in [0.1, 0.15) is 113 Å². The average Bonchev–Trinajstić information content (AvgIpc) is 1.60. The maximum atomic E-state index is 14.2. The minimum Gasteiger partial charge on any atom is -0.446 e. The lowest BCUT2D eigenvalue weighted by atomic mass is 9.72. The summed E-state index contributed by atoms with van der Waals surface area (Å²) in [6, 6.07) is 39.0. The molecule has 6 aromatic carbocycles. The van der Waals surface area contributed by atoms with E-state index in [1.807, 2.05) is 85.9 Å². The molecule has 27 heteroatoms. The monoisotopic (exact) mass is 1470 g/mol. The van der Waals surface area contributed by atoms with Gasteiger partial charge in [0.1, 0.15) is 30.9 Å². The summed E-state index contributed by atoms with van der Waals surface area (Å²) in [6.07, 6.45) is -4.29. The molecule has 101 heavy (non-hydrogen) atoms. The smallest absolute Gasteiger partial charge is 0.416 e. The SMILES string of the molecule is CON(CCCN(C)C(=O)CO[C@H]1Cc2ccccc2C12CCN(CC[C@]1(c3ccc(F)cc3)CN(C(=O)c3cc(C(F)(F)F)cc(C(F)(F)F)c3)CO1)CC2)C(=O)c1ccc(NCCCCCC(=O)N(C)CCN2CCC(OC(=O)Nc3ccccc3-c3ccccc3)CC2)cc1.Cl.Cl.Cl. The highest BCUT2D eigenvalue weighted by molar-refractivity contribution is 5.95. The molecule has 1 aliphatic carbocycles. The van der Waals surface area contributed by atoms with E-state index in [1.54, 1.807) is 29.0 Å². The van der Waals surface area contributed by atoms with E-state index in [9.17, 15) is 54.7 Å². The predicted molar refractivity (Wildman–Crippen MR) is 378 cm³/mol. The number of anilines is 2. The Kier molecular flexibility index (Phi) is 29.2. The van der Waals surface area contributed by atoms with Crippen LogP contribution in [-0.2, 0) is 58.4 Å². The van der Waals surface area contributed by atoms with E-state index >= 15 is 0 Å².